The van der Waals surface area contributed by atoms with E-state index in [-0.39, 0.29) is 22.9 Å². The van der Waals surface area contributed by atoms with Crippen LogP contribution >= 0.6 is 0 Å². The van der Waals surface area contributed by atoms with Crippen molar-refractivity contribution in [2.45, 2.75) is 48.0 Å². The molecule has 0 aliphatic heterocycles. The van der Waals surface area contributed by atoms with Crippen LogP contribution in [0, 0.1) is 16.7 Å². The normalized spacial score (nSPS) is 22.6. The highest BCUT2D eigenvalue weighted by Crippen LogP contribution is 2.40. The van der Waals surface area contributed by atoms with Gasteiger partial charge in [-0.2, -0.15) is 0 Å². The van der Waals surface area contributed by atoms with Crippen molar-refractivity contribution in [2.75, 3.05) is 0 Å². The van der Waals surface area contributed by atoms with Crippen LogP contribution in [-0.4, -0.2) is 17.3 Å². The van der Waals surface area contributed by atoms with Crippen LogP contribution < -0.4 is 0 Å². The lowest BCUT2D eigenvalue weighted by atomic mass is 9.61. The first kappa shape index (κ1) is 14.8. The number of allylic oxidation sites excluding steroid dienone is 2. The van der Waals surface area contributed by atoms with E-state index in [4.69, 9.17) is 0 Å². The zero-order valence-corrected chi connectivity index (χ0v) is 12.1. The maximum absolute atomic E-state index is 12.3. The van der Waals surface area contributed by atoms with Crippen LogP contribution in [0.2, 0.25) is 0 Å². The van der Waals surface area contributed by atoms with E-state index in [1.807, 2.05) is 13.8 Å². The third-order valence-corrected chi connectivity index (χ3v) is 3.55. The number of Topliss-reactive ketones (excluding diaryl/α,β-unsaturated/α-hetero) is 3. The molecular weight excluding hydrogens is 228 g/mol. The Morgan fingerprint density at radius 1 is 0.944 bits per heavy atom. The Bertz CT molecular complexity index is 405. The van der Waals surface area contributed by atoms with Crippen molar-refractivity contribution in [3.63, 3.8) is 0 Å². The minimum Gasteiger partial charge on any atom is -0.297 e. The van der Waals surface area contributed by atoms with Gasteiger partial charge >= 0.3 is 0 Å². The van der Waals surface area contributed by atoms with Gasteiger partial charge in [0.1, 0.15) is 0 Å². The monoisotopic (exact) mass is 250 g/mol. The highest BCUT2D eigenvalue weighted by atomic mass is 16.2. The Hall–Kier alpha value is -1.25. The van der Waals surface area contributed by atoms with Gasteiger partial charge in [0, 0.05) is 0 Å². The molecule has 100 valence electrons. The second-order valence-electron chi connectivity index (χ2n) is 6.48. The van der Waals surface area contributed by atoms with Crippen LogP contribution in [0.3, 0.4) is 0 Å². The predicted molar refractivity (Wildman–Crippen MR) is 70.1 cm³/mol. The summed E-state index contributed by atoms with van der Waals surface area (Å²) in [4.78, 5) is 36.7. The first-order chi connectivity index (χ1) is 8.02. The number of hydrogen-bond acceptors (Lipinski definition) is 3. The second kappa shape index (κ2) is 4.45. The summed E-state index contributed by atoms with van der Waals surface area (Å²) in [7, 11) is 0. The summed E-state index contributed by atoms with van der Waals surface area (Å²) in [6.07, 6.45) is 2.37. The molecule has 0 radical (unpaired) electrons. The van der Waals surface area contributed by atoms with Crippen LogP contribution in [-0.2, 0) is 14.4 Å². The molecule has 0 amide bonds. The van der Waals surface area contributed by atoms with Gasteiger partial charge in [-0.3, -0.25) is 14.4 Å². The molecule has 1 saturated carbocycles. The minimum atomic E-state index is -1.10. The average Bonchev–Trinajstić information content (AvgIpc) is 2.25. The molecule has 0 spiro atoms. The zero-order chi connectivity index (χ0) is 14.3. The predicted octanol–water partition coefficient (Wildman–Crippen LogP) is 2.73. The molecule has 0 heterocycles. The molecule has 0 bridgehead atoms. The van der Waals surface area contributed by atoms with Gasteiger partial charge in [0.2, 0.25) is 0 Å². The van der Waals surface area contributed by atoms with Crippen LogP contribution in [0.4, 0.5) is 0 Å². The number of rotatable bonds is 2. The second-order valence-corrected chi connectivity index (χ2v) is 6.48. The molecule has 1 rings (SSSR count). The summed E-state index contributed by atoms with van der Waals surface area (Å²) in [6, 6.07) is 0. The van der Waals surface area contributed by atoms with Gasteiger partial charge in [-0.15, -0.1) is 0 Å². The highest BCUT2D eigenvalue weighted by Gasteiger charge is 2.55. The molecule has 1 aliphatic carbocycles. The molecule has 0 aromatic rings. The summed E-state index contributed by atoms with van der Waals surface area (Å²) < 4.78 is 0. The Kier molecular flexibility index (Phi) is 3.66. The number of hydrogen-bond donors (Lipinski definition) is 0. The van der Waals surface area contributed by atoms with Gasteiger partial charge < -0.3 is 0 Å². The summed E-state index contributed by atoms with van der Waals surface area (Å²) >= 11 is 0. The lowest BCUT2D eigenvalue weighted by molar-refractivity contribution is -0.151. The van der Waals surface area contributed by atoms with Crippen LogP contribution in [0.15, 0.2) is 11.6 Å². The molecule has 0 saturated heterocycles. The molecule has 3 heteroatoms. The number of ketones is 3. The van der Waals surface area contributed by atoms with Gasteiger partial charge in [0.05, 0.1) is 16.4 Å². The first-order valence-electron chi connectivity index (χ1n) is 6.37. The Labute approximate surface area is 109 Å². The van der Waals surface area contributed by atoms with Gasteiger partial charge in [0.15, 0.2) is 17.3 Å². The van der Waals surface area contributed by atoms with E-state index >= 15 is 0 Å². The molecule has 0 aromatic heterocycles. The Balaban J connectivity index is 3.28. The topological polar surface area (TPSA) is 51.2 Å². The maximum atomic E-state index is 12.3. The van der Waals surface area contributed by atoms with Crippen LogP contribution in [0.5, 0.6) is 0 Å². The summed E-state index contributed by atoms with van der Waals surface area (Å²) in [6.45, 7) is 10.5. The van der Waals surface area contributed by atoms with E-state index in [0.717, 1.165) is 0 Å². The lowest BCUT2D eigenvalue weighted by Gasteiger charge is -2.37. The van der Waals surface area contributed by atoms with Crippen LogP contribution in [0.1, 0.15) is 48.0 Å². The van der Waals surface area contributed by atoms with Crippen molar-refractivity contribution in [1.82, 2.24) is 0 Å². The Morgan fingerprint density at radius 2 is 1.33 bits per heavy atom. The lowest BCUT2D eigenvalue weighted by Crippen LogP contribution is -2.53. The number of carbonyl (C=O) groups is 3. The fourth-order valence-corrected chi connectivity index (χ4v) is 2.30. The van der Waals surface area contributed by atoms with E-state index in [0.29, 0.717) is 12.3 Å². The van der Waals surface area contributed by atoms with E-state index in [9.17, 15) is 14.4 Å². The van der Waals surface area contributed by atoms with E-state index in [2.05, 4.69) is 0 Å². The van der Waals surface area contributed by atoms with E-state index < -0.39 is 10.8 Å². The Morgan fingerprint density at radius 3 is 1.67 bits per heavy atom. The van der Waals surface area contributed by atoms with Gasteiger partial charge in [-0.05, 0) is 40.0 Å². The largest absolute Gasteiger partial charge is 0.297 e. The third kappa shape index (κ3) is 2.18. The zero-order valence-electron chi connectivity index (χ0n) is 12.1. The van der Waals surface area contributed by atoms with Crippen molar-refractivity contribution < 1.29 is 14.4 Å². The van der Waals surface area contributed by atoms with Crippen molar-refractivity contribution >= 4 is 17.3 Å². The first-order valence-corrected chi connectivity index (χ1v) is 6.37. The molecule has 18 heavy (non-hydrogen) atoms. The molecule has 0 unspecified atom stereocenters. The molecule has 1 aliphatic rings. The van der Waals surface area contributed by atoms with Crippen molar-refractivity contribution in [2.24, 2.45) is 16.7 Å². The summed E-state index contributed by atoms with van der Waals surface area (Å²) in [5.41, 5.74) is -1.99. The van der Waals surface area contributed by atoms with Crippen molar-refractivity contribution in [1.29, 1.82) is 0 Å². The fraction of sp³-hybridized carbons (Fsp3) is 0.667. The molecule has 1 fully saturated rings. The summed E-state index contributed by atoms with van der Waals surface area (Å²) in [5, 5.41) is 0. The highest BCUT2D eigenvalue weighted by molar-refractivity contribution is 6.38. The third-order valence-electron chi connectivity index (χ3n) is 3.55. The van der Waals surface area contributed by atoms with E-state index in [1.54, 1.807) is 33.8 Å². The molecule has 0 aromatic carbocycles. The smallest absolute Gasteiger partial charge is 0.179 e. The van der Waals surface area contributed by atoms with Gasteiger partial charge in [-0.25, -0.2) is 0 Å². The number of carbonyl (C=O) groups excluding carboxylic acids is 3. The quantitative estimate of drug-likeness (QED) is 0.430. The van der Waals surface area contributed by atoms with Gasteiger partial charge in [0.25, 0.3) is 0 Å². The van der Waals surface area contributed by atoms with Gasteiger partial charge in [-0.1, -0.05) is 19.9 Å². The molecule has 3 nitrogen and oxygen atoms in total. The van der Waals surface area contributed by atoms with Crippen molar-refractivity contribution in [3.05, 3.63) is 11.6 Å². The molecule has 0 atom stereocenters. The maximum Gasteiger partial charge on any atom is 0.179 e. The van der Waals surface area contributed by atoms with E-state index in [1.165, 1.54) is 0 Å². The summed E-state index contributed by atoms with van der Waals surface area (Å²) in [5.74, 6) is -0.580. The van der Waals surface area contributed by atoms with Crippen molar-refractivity contribution in [3.8, 4) is 0 Å². The minimum absolute atomic E-state index is 0.207. The standard InChI is InChI=1S/C15H22O3/c1-9(2)7-8-10-11(16)14(3,4)13(18)15(5,6)12(10)17/h8-9H,7H2,1-6H3. The fourth-order valence-electron chi connectivity index (χ4n) is 2.30. The molecule has 0 N–H and O–H groups in total. The SMILES string of the molecule is CC(C)CC=C1C(=O)C(C)(C)C(=O)C(C)(C)C1=O. The van der Waals surface area contributed by atoms with Crippen LogP contribution in [0.25, 0.3) is 0 Å². The average molecular weight is 250 g/mol. The molecular formula is C15H22O3.